The van der Waals surface area contributed by atoms with Gasteiger partial charge in [0.05, 0.1) is 10.4 Å². The molecule has 3 nitrogen and oxygen atoms in total. The first-order valence-electron chi connectivity index (χ1n) is 9.36. The van der Waals surface area contributed by atoms with Crippen molar-refractivity contribution in [3.8, 4) is 11.8 Å². The van der Waals surface area contributed by atoms with Crippen LogP contribution in [0.2, 0.25) is 0 Å². The summed E-state index contributed by atoms with van der Waals surface area (Å²) in [6.07, 6.45) is 0. The standard InChI is InChI=1S/C26H17NO2S/c28-25(20-9-2-1-3-10-20)23-13-4-5-14-24(23)26(29)27-21-11-6-8-19(18-21)15-16-22-12-7-17-30-22/h1-14,17-18H,(H,27,29). The molecular formula is C26H17NO2S. The number of ketones is 1. The minimum Gasteiger partial charge on any atom is -0.322 e. The summed E-state index contributed by atoms with van der Waals surface area (Å²) in [5, 5.41) is 4.86. The van der Waals surface area contributed by atoms with Crippen LogP contribution < -0.4 is 5.32 Å². The van der Waals surface area contributed by atoms with Crippen molar-refractivity contribution in [1.82, 2.24) is 0 Å². The molecule has 4 aromatic rings. The largest absolute Gasteiger partial charge is 0.322 e. The molecule has 0 unspecified atom stereocenters. The van der Waals surface area contributed by atoms with E-state index in [1.807, 2.05) is 41.8 Å². The van der Waals surface area contributed by atoms with Gasteiger partial charge in [-0.3, -0.25) is 9.59 Å². The fourth-order valence-corrected chi connectivity index (χ4v) is 3.55. The van der Waals surface area contributed by atoms with E-state index in [4.69, 9.17) is 0 Å². The number of carbonyl (C=O) groups is 2. The van der Waals surface area contributed by atoms with E-state index in [-0.39, 0.29) is 11.7 Å². The van der Waals surface area contributed by atoms with Crippen LogP contribution in [0.3, 0.4) is 0 Å². The second-order valence-corrected chi connectivity index (χ2v) is 7.45. The fraction of sp³-hybridized carbons (Fsp3) is 0. The number of benzene rings is 3. The molecule has 1 amide bonds. The molecule has 144 valence electrons. The van der Waals surface area contributed by atoms with Gasteiger partial charge >= 0.3 is 0 Å². The van der Waals surface area contributed by atoms with Crippen molar-refractivity contribution < 1.29 is 9.59 Å². The molecule has 0 aliphatic heterocycles. The molecule has 0 fully saturated rings. The summed E-state index contributed by atoms with van der Waals surface area (Å²) < 4.78 is 0. The molecule has 1 heterocycles. The monoisotopic (exact) mass is 407 g/mol. The van der Waals surface area contributed by atoms with Crippen molar-refractivity contribution in [1.29, 1.82) is 0 Å². The summed E-state index contributed by atoms with van der Waals surface area (Å²) in [5.74, 6) is 5.69. The number of nitrogens with one attached hydrogen (secondary N) is 1. The Morgan fingerprint density at radius 3 is 2.27 bits per heavy atom. The van der Waals surface area contributed by atoms with Crippen molar-refractivity contribution in [2.45, 2.75) is 0 Å². The van der Waals surface area contributed by atoms with Crippen LogP contribution in [0.5, 0.6) is 0 Å². The third-order valence-electron chi connectivity index (χ3n) is 4.42. The van der Waals surface area contributed by atoms with E-state index in [0.717, 1.165) is 10.4 Å². The molecule has 1 N–H and O–H groups in total. The van der Waals surface area contributed by atoms with E-state index in [2.05, 4.69) is 17.2 Å². The second-order valence-electron chi connectivity index (χ2n) is 6.50. The maximum atomic E-state index is 12.9. The lowest BCUT2D eigenvalue weighted by Gasteiger charge is -2.10. The zero-order valence-corrected chi connectivity index (χ0v) is 16.8. The van der Waals surface area contributed by atoms with Gasteiger partial charge in [0.1, 0.15) is 0 Å². The molecule has 0 aliphatic rings. The maximum absolute atomic E-state index is 12.9. The molecule has 0 aliphatic carbocycles. The van der Waals surface area contributed by atoms with Crippen LogP contribution in [0, 0.1) is 11.8 Å². The Morgan fingerprint density at radius 1 is 0.733 bits per heavy atom. The highest BCUT2D eigenvalue weighted by atomic mass is 32.1. The second kappa shape index (κ2) is 9.04. The Morgan fingerprint density at radius 2 is 1.50 bits per heavy atom. The van der Waals surface area contributed by atoms with Gasteiger partial charge < -0.3 is 5.32 Å². The number of amides is 1. The van der Waals surface area contributed by atoms with Gasteiger partial charge in [0.25, 0.3) is 5.91 Å². The molecule has 30 heavy (non-hydrogen) atoms. The molecule has 4 heteroatoms. The molecule has 0 saturated heterocycles. The van der Waals surface area contributed by atoms with E-state index >= 15 is 0 Å². The number of hydrogen-bond acceptors (Lipinski definition) is 3. The lowest BCUT2D eigenvalue weighted by atomic mass is 9.98. The zero-order valence-electron chi connectivity index (χ0n) is 16.0. The highest BCUT2D eigenvalue weighted by molar-refractivity contribution is 7.10. The predicted octanol–water partition coefficient (Wildman–Crippen LogP) is 5.63. The first kappa shape index (κ1) is 19.4. The van der Waals surface area contributed by atoms with Gasteiger partial charge in [-0.1, -0.05) is 72.5 Å². The molecule has 0 bridgehead atoms. The SMILES string of the molecule is O=C(Nc1cccc(C#Cc2cccs2)c1)c1ccccc1C(=O)c1ccccc1. The summed E-state index contributed by atoms with van der Waals surface area (Å²) in [5.41, 5.74) is 2.68. The van der Waals surface area contributed by atoms with Crippen molar-refractivity contribution in [2.24, 2.45) is 0 Å². The van der Waals surface area contributed by atoms with E-state index in [1.165, 1.54) is 0 Å². The average Bonchev–Trinajstić information content (AvgIpc) is 3.32. The van der Waals surface area contributed by atoms with Crippen molar-refractivity contribution in [3.63, 3.8) is 0 Å². The highest BCUT2D eigenvalue weighted by Gasteiger charge is 2.18. The summed E-state index contributed by atoms with van der Waals surface area (Å²) in [7, 11) is 0. The molecule has 0 spiro atoms. The smallest absolute Gasteiger partial charge is 0.256 e. The van der Waals surface area contributed by atoms with Crippen LogP contribution in [-0.4, -0.2) is 11.7 Å². The van der Waals surface area contributed by atoms with Gasteiger partial charge in [0.15, 0.2) is 5.78 Å². The Kier molecular flexibility index (Phi) is 5.84. The zero-order chi connectivity index (χ0) is 20.8. The van der Waals surface area contributed by atoms with Gasteiger partial charge in [0, 0.05) is 22.4 Å². The van der Waals surface area contributed by atoms with Gasteiger partial charge in [-0.05, 0) is 35.7 Å². The molecule has 0 atom stereocenters. The Balaban J connectivity index is 1.57. The molecule has 0 saturated carbocycles. The molecule has 1 aromatic heterocycles. The van der Waals surface area contributed by atoms with Gasteiger partial charge in [-0.2, -0.15) is 0 Å². The molecule has 0 radical (unpaired) electrons. The number of hydrogen-bond donors (Lipinski definition) is 1. The van der Waals surface area contributed by atoms with E-state index in [0.29, 0.717) is 22.4 Å². The van der Waals surface area contributed by atoms with Crippen molar-refractivity contribution in [2.75, 3.05) is 5.32 Å². The fourth-order valence-electron chi connectivity index (χ4n) is 2.98. The summed E-state index contributed by atoms with van der Waals surface area (Å²) in [4.78, 5) is 26.8. The first-order valence-corrected chi connectivity index (χ1v) is 10.2. The Bertz CT molecular complexity index is 1250. The minimum atomic E-state index is -0.335. The van der Waals surface area contributed by atoms with Gasteiger partial charge in [0.2, 0.25) is 0 Å². The number of anilines is 1. The number of rotatable bonds is 4. The van der Waals surface area contributed by atoms with E-state index < -0.39 is 0 Å². The third-order valence-corrected chi connectivity index (χ3v) is 5.21. The van der Waals surface area contributed by atoms with Crippen LogP contribution in [0.1, 0.15) is 36.7 Å². The lowest BCUT2D eigenvalue weighted by Crippen LogP contribution is -2.17. The predicted molar refractivity (Wildman–Crippen MR) is 121 cm³/mol. The molecule has 3 aromatic carbocycles. The van der Waals surface area contributed by atoms with Gasteiger partial charge in [-0.15, -0.1) is 11.3 Å². The Labute approximate surface area is 179 Å². The molecule has 4 rings (SSSR count). The number of carbonyl (C=O) groups excluding carboxylic acids is 2. The lowest BCUT2D eigenvalue weighted by molar-refractivity contribution is 0.0996. The minimum absolute atomic E-state index is 0.183. The summed E-state index contributed by atoms with van der Waals surface area (Å²) >= 11 is 1.58. The first-order chi connectivity index (χ1) is 14.7. The highest BCUT2D eigenvalue weighted by Crippen LogP contribution is 2.18. The van der Waals surface area contributed by atoms with Crippen LogP contribution in [0.15, 0.2) is 96.4 Å². The quantitative estimate of drug-likeness (QED) is 0.352. The van der Waals surface area contributed by atoms with Crippen molar-refractivity contribution in [3.05, 3.63) is 124 Å². The summed E-state index contributed by atoms with van der Waals surface area (Å²) in [6, 6.07) is 27.1. The van der Waals surface area contributed by atoms with E-state index in [9.17, 15) is 9.59 Å². The molecular weight excluding hydrogens is 390 g/mol. The third kappa shape index (κ3) is 4.54. The van der Waals surface area contributed by atoms with Crippen LogP contribution in [-0.2, 0) is 0 Å². The topological polar surface area (TPSA) is 46.2 Å². The Hall–Kier alpha value is -3.94. The average molecular weight is 407 g/mol. The van der Waals surface area contributed by atoms with Crippen LogP contribution >= 0.6 is 11.3 Å². The van der Waals surface area contributed by atoms with Crippen molar-refractivity contribution >= 4 is 28.7 Å². The maximum Gasteiger partial charge on any atom is 0.256 e. The van der Waals surface area contributed by atoms with Crippen LogP contribution in [0.25, 0.3) is 0 Å². The van der Waals surface area contributed by atoms with Crippen LogP contribution in [0.4, 0.5) is 5.69 Å². The van der Waals surface area contributed by atoms with E-state index in [1.54, 1.807) is 65.9 Å². The normalized spacial score (nSPS) is 10.0. The summed E-state index contributed by atoms with van der Waals surface area (Å²) in [6.45, 7) is 0. The van der Waals surface area contributed by atoms with Gasteiger partial charge in [-0.25, -0.2) is 0 Å². The number of thiophene rings is 1.